The maximum atomic E-state index is 12.3. The van der Waals surface area contributed by atoms with Crippen LogP contribution in [0.2, 0.25) is 0 Å². The predicted molar refractivity (Wildman–Crippen MR) is 105 cm³/mol. The van der Waals surface area contributed by atoms with E-state index in [2.05, 4.69) is 36.1 Å². The molecule has 0 fully saturated rings. The van der Waals surface area contributed by atoms with Crippen molar-refractivity contribution in [2.75, 3.05) is 6.54 Å². The summed E-state index contributed by atoms with van der Waals surface area (Å²) in [5.74, 6) is -2.19. The molecular formula is C21H21N3O4. The number of amides is 1. The molecule has 7 nitrogen and oxygen atoms in total. The first-order chi connectivity index (χ1) is 13.2. The first kappa shape index (κ1) is 19.3. The Morgan fingerprint density at radius 3 is 2.36 bits per heavy atom. The number of carbonyl (C=O) groups excluding carboxylic acids is 1. The number of nitrogens with one attached hydrogen (secondary N) is 1. The lowest BCUT2D eigenvalue weighted by molar-refractivity contribution is -0.135. The molecule has 144 valence electrons. The quantitative estimate of drug-likeness (QED) is 0.642. The summed E-state index contributed by atoms with van der Waals surface area (Å²) in [6.45, 7) is 5.87. The molecule has 1 heterocycles. The monoisotopic (exact) mass is 379 g/mol. The number of carboxylic acid groups (broad SMARTS) is 1. The summed E-state index contributed by atoms with van der Waals surface area (Å²) in [6.07, 6.45) is 1.53. The fourth-order valence-electron chi connectivity index (χ4n) is 2.82. The lowest BCUT2D eigenvalue weighted by Gasteiger charge is -2.19. The second-order valence-electron chi connectivity index (χ2n) is 7.49. The van der Waals surface area contributed by atoms with Crippen LogP contribution in [0.15, 0.2) is 42.6 Å². The summed E-state index contributed by atoms with van der Waals surface area (Å²) < 4.78 is 0. The number of carbonyl (C=O) groups is 2. The highest BCUT2D eigenvalue weighted by Gasteiger charge is 2.19. The van der Waals surface area contributed by atoms with Gasteiger partial charge in [-0.15, -0.1) is 0 Å². The molecule has 0 saturated carbocycles. The van der Waals surface area contributed by atoms with Crippen molar-refractivity contribution in [3.8, 4) is 17.0 Å². The number of phenolic OH excluding ortho intramolecular Hbond substituents is 1. The average Bonchev–Trinajstić information content (AvgIpc) is 2.65. The molecule has 0 spiro atoms. The van der Waals surface area contributed by atoms with Crippen molar-refractivity contribution in [3.05, 3.63) is 53.7 Å². The van der Waals surface area contributed by atoms with Crippen LogP contribution in [0, 0.1) is 0 Å². The van der Waals surface area contributed by atoms with Crippen molar-refractivity contribution in [2.24, 2.45) is 0 Å². The number of hydrogen-bond acceptors (Lipinski definition) is 5. The number of fused-ring (bicyclic) bond motifs is 1. The molecule has 2 aromatic carbocycles. The third kappa shape index (κ3) is 3.93. The van der Waals surface area contributed by atoms with Crippen molar-refractivity contribution in [2.45, 2.75) is 26.2 Å². The number of aromatic nitrogens is 2. The van der Waals surface area contributed by atoms with Gasteiger partial charge in [-0.3, -0.25) is 14.6 Å². The lowest BCUT2D eigenvalue weighted by atomic mass is 9.86. The molecule has 0 radical (unpaired) electrons. The van der Waals surface area contributed by atoms with Gasteiger partial charge in [0, 0.05) is 5.56 Å². The highest BCUT2D eigenvalue weighted by molar-refractivity contribution is 6.08. The van der Waals surface area contributed by atoms with E-state index in [0.29, 0.717) is 11.2 Å². The Morgan fingerprint density at radius 2 is 1.75 bits per heavy atom. The zero-order valence-corrected chi connectivity index (χ0v) is 15.9. The van der Waals surface area contributed by atoms with Gasteiger partial charge in [-0.2, -0.15) is 0 Å². The topological polar surface area (TPSA) is 112 Å². The zero-order valence-electron chi connectivity index (χ0n) is 15.9. The Morgan fingerprint density at radius 1 is 1.07 bits per heavy atom. The van der Waals surface area contributed by atoms with Crippen LogP contribution in [0.5, 0.6) is 5.75 Å². The highest BCUT2D eigenvalue weighted by atomic mass is 16.4. The summed E-state index contributed by atoms with van der Waals surface area (Å²) in [5, 5.41) is 21.0. The van der Waals surface area contributed by atoms with Crippen LogP contribution in [0.1, 0.15) is 36.7 Å². The molecule has 0 aliphatic heterocycles. The van der Waals surface area contributed by atoms with E-state index >= 15 is 0 Å². The van der Waals surface area contributed by atoms with Crippen LogP contribution in [0.3, 0.4) is 0 Å². The van der Waals surface area contributed by atoms with E-state index in [4.69, 9.17) is 5.11 Å². The smallest absolute Gasteiger partial charge is 0.322 e. The van der Waals surface area contributed by atoms with Crippen molar-refractivity contribution >= 4 is 22.9 Å². The van der Waals surface area contributed by atoms with Gasteiger partial charge in [-0.25, -0.2) is 4.98 Å². The molecule has 0 aliphatic carbocycles. The number of aromatic hydroxyl groups is 1. The number of phenols is 1. The van der Waals surface area contributed by atoms with Crippen LogP contribution in [0.4, 0.5) is 0 Å². The number of hydrogen-bond donors (Lipinski definition) is 3. The van der Waals surface area contributed by atoms with Gasteiger partial charge in [0.2, 0.25) is 0 Å². The summed E-state index contributed by atoms with van der Waals surface area (Å²) in [6, 6.07) is 10.9. The number of carboxylic acids is 1. The second kappa shape index (κ2) is 7.26. The van der Waals surface area contributed by atoms with Gasteiger partial charge in [0.05, 0.1) is 17.4 Å². The fourth-order valence-corrected chi connectivity index (χ4v) is 2.82. The summed E-state index contributed by atoms with van der Waals surface area (Å²) in [7, 11) is 0. The van der Waals surface area contributed by atoms with Gasteiger partial charge in [-0.05, 0) is 23.1 Å². The van der Waals surface area contributed by atoms with Crippen LogP contribution < -0.4 is 5.32 Å². The second-order valence-corrected chi connectivity index (χ2v) is 7.49. The van der Waals surface area contributed by atoms with E-state index in [-0.39, 0.29) is 22.2 Å². The summed E-state index contributed by atoms with van der Waals surface area (Å²) >= 11 is 0. The third-order valence-corrected chi connectivity index (χ3v) is 4.37. The number of nitrogens with zero attached hydrogens (tertiary/aromatic N) is 2. The van der Waals surface area contributed by atoms with Crippen molar-refractivity contribution in [1.29, 1.82) is 0 Å². The van der Waals surface area contributed by atoms with Crippen LogP contribution >= 0.6 is 0 Å². The van der Waals surface area contributed by atoms with Gasteiger partial charge >= 0.3 is 5.97 Å². The van der Waals surface area contributed by atoms with E-state index in [1.807, 2.05) is 24.3 Å². The molecule has 0 atom stereocenters. The Bertz CT molecular complexity index is 1050. The van der Waals surface area contributed by atoms with Crippen LogP contribution in [0.25, 0.3) is 22.3 Å². The van der Waals surface area contributed by atoms with Crippen molar-refractivity contribution in [3.63, 3.8) is 0 Å². The molecule has 3 aromatic rings. The van der Waals surface area contributed by atoms with Gasteiger partial charge in [-0.1, -0.05) is 45.0 Å². The van der Waals surface area contributed by atoms with Crippen molar-refractivity contribution < 1.29 is 19.8 Å². The molecule has 3 N–H and O–H groups in total. The van der Waals surface area contributed by atoms with E-state index < -0.39 is 18.4 Å². The summed E-state index contributed by atoms with van der Waals surface area (Å²) in [5.41, 5.74) is 3.30. The molecule has 28 heavy (non-hydrogen) atoms. The Balaban J connectivity index is 2.00. The Labute approximate surface area is 162 Å². The van der Waals surface area contributed by atoms with Crippen molar-refractivity contribution in [1.82, 2.24) is 15.3 Å². The van der Waals surface area contributed by atoms with Gasteiger partial charge in [0.1, 0.15) is 23.4 Å². The minimum Gasteiger partial charge on any atom is -0.507 e. The maximum absolute atomic E-state index is 12.3. The Kier molecular flexibility index (Phi) is 5.00. The van der Waals surface area contributed by atoms with Gasteiger partial charge < -0.3 is 15.5 Å². The van der Waals surface area contributed by atoms with E-state index in [0.717, 1.165) is 5.56 Å². The molecule has 1 amide bonds. The predicted octanol–water partition coefficient (Wildman–Crippen LogP) is 3.11. The molecule has 1 aromatic heterocycles. The van der Waals surface area contributed by atoms with Gasteiger partial charge in [0.15, 0.2) is 0 Å². The minimum absolute atomic E-state index is 0.0450. The number of aliphatic carboxylic acids is 1. The maximum Gasteiger partial charge on any atom is 0.322 e. The van der Waals surface area contributed by atoms with E-state index in [9.17, 15) is 14.7 Å². The number of rotatable bonds is 4. The largest absolute Gasteiger partial charge is 0.507 e. The number of benzene rings is 2. The van der Waals surface area contributed by atoms with E-state index in [1.54, 1.807) is 6.07 Å². The molecule has 3 rings (SSSR count). The summed E-state index contributed by atoms with van der Waals surface area (Å²) in [4.78, 5) is 31.8. The van der Waals surface area contributed by atoms with Crippen LogP contribution in [-0.2, 0) is 10.2 Å². The molecule has 7 heteroatoms. The van der Waals surface area contributed by atoms with Crippen LogP contribution in [-0.4, -0.2) is 38.6 Å². The Hall–Kier alpha value is -3.48. The first-order valence-electron chi connectivity index (χ1n) is 8.76. The van der Waals surface area contributed by atoms with E-state index in [1.165, 1.54) is 17.8 Å². The molecule has 0 bridgehead atoms. The zero-order chi connectivity index (χ0) is 20.5. The first-order valence-corrected chi connectivity index (χ1v) is 8.76. The normalized spacial score (nSPS) is 11.4. The highest BCUT2D eigenvalue weighted by Crippen LogP contribution is 2.28. The molecular weight excluding hydrogens is 358 g/mol. The molecule has 0 unspecified atom stereocenters. The average molecular weight is 379 g/mol. The molecule has 0 aliphatic rings. The molecule has 0 saturated heterocycles. The fraction of sp³-hybridized carbons (Fsp3) is 0.238. The standard InChI is InChI=1S/C21H21N3O4/c1-21(2,3)13-6-4-12(5-7-13)15-10-22-19-14(24-15)8-9-16(25)18(19)20(28)23-11-17(26)27/h4-10,25H,11H2,1-3H3,(H,23,28)(H,26,27). The minimum atomic E-state index is -1.18. The van der Waals surface area contributed by atoms with Gasteiger partial charge in [0.25, 0.3) is 5.91 Å². The third-order valence-electron chi connectivity index (χ3n) is 4.37. The SMILES string of the molecule is CC(C)(C)c1ccc(-c2cnc3c(C(=O)NCC(=O)O)c(O)ccc3n2)cc1. The lowest BCUT2D eigenvalue weighted by Crippen LogP contribution is -2.29.